The van der Waals surface area contributed by atoms with Gasteiger partial charge in [-0.05, 0) is 0 Å². The Labute approximate surface area is 60.8 Å². The lowest BCUT2D eigenvalue weighted by Crippen LogP contribution is -2.22. The van der Waals surface area contributed by atoms with Crippen LogP contribution in [0.2, 0.25) is 0 Å². The Hall–Kier alpha value is -0.0851. The summed E-state index contributed by atoms with van der Waals surface area (Å²) in [6, 6.07) is -0.854. The third-order valence-electron chi connectivity index (χ3n) is 1.91. The van der Waals surface area contributed by atoms with E-state index in [-0.39, 0.29) is 12.5 Å². The Morgan fingerprint density at radius 3 is 2.50 bits per heavy atom. The minimum absolute atomic E-state index is 0.157. The fourth-order valence-corrected chi connectivity index (χ4v) is 1.11. The Bertz CT molecular complexity index is 122. The molecule has 1 aliphatic rings. The Balaban J connectivity index is 2.53. The summed E-state index contributed by atoms with van der Waals surface area (Å²) < 4.78 is 17.7. The average Bonchev–Trinajstić information content (AvgIpc) is 2.17. The summed E-state index contributed by atoms with van der Waals surface area (Å²) in [6.07, 6.45) is -1.57. The van der Waals surface area contributed by atoms with E-state index in [0.29, 0.717) is 0 Å². The van der Waals surface area contributed by atoms with E-state index in [1.54, 1.807) is 6.92 Å². The molecule has 1 aliphatic heterocycles. The van der Waals surface area contributed by atoms with Crippen LogP contribution in [0.3, 0.4) is 0 Å². The van der Waals surface area contributed by atoms with Gasteiger partial charge in [-0.3, -0.25) is 0 Å². The lowest BCUT2D eigenvalue weighted by atomic mass is 9.90. The van der Waals surface area contributed by atoms with E-state index < -0.39 is 18.3 Å². The normalized spacial score (nSPS) is 47.9. The van der Waals surface area contributed by atoms with Crippen molar-refractivity contribution in [3.8, 4) is 0 Å². The predicted octanol–water partition coefficient (Wildman–Crippen LogP) is -0.154. The molecule has 0 aromatic heterocycles. The third kappa shape index (κ3) is 1.18. The second kappa shape index (κ2) is 2.88. The van der Waals surface area contributed by atoms with Gasteiger partial charge in [0.05, 0.1) is 12.7 Å². The highest BCUT2D eigenvalue weighted by atomic mass is 19.1. The van der Waals surface area contributed by atoms with Crippen LogP contribution in [0.5, 0.6) is 0 Å². The van der Waals surface area contributed by atoms with E-state index in [1.165, 1.54) is 0 Å². The zero-order valence-corrected chi connectivity index (χ0v) is 5.83. The van der Waals surface area contributed by atoms with Crippen LogP contribution in [0.4, 0.5) is 4.39 Å². The summed E-state index contributed by atoms with van der Waals surface area (Å²) in [4.78, 5) is 0. The monoisotopic (exact) mass is 144 g/mol. The molecule has 0 aromatic carbocycles. The van der Waals surface area contributed by atoms with E-state index in [0.717, 1.165) is 0 Å². The molecule has 2 nitrogen and oxygen atoms in total. The smallest absolute Gasteiger partial charge is 0.123 e. The molecule has 0 aliphatic carbocycles. The Morgan fingerprint density at radius 2 is 2.30 bits per heavy atom. The molecule has 0 saturated carbocycles. The van der Waals surface area contributed by atoms with Crippen LogP contribution in [0.15, 0.2) is 0 Å². The van der Waals surface area contributed by atoms with Gasteiger partial charge in [-0.1, -0.05) is 6.92 Å². The largest absolute Gasteiger partial charge is 0.394 e. The van der Waals surface area contributed by atoms with Crippen LogP contribution in [-0.4, -0.2) is 37.8 Å². The summed E-state index contributed by atoms with van der Waals surface area (Å²) in [5.74, 6) is -0.292. The van der Waals surface area contributed by atoms with E-state index in [9.17, 15) is 4.39 Å². The topological polar surface area (TPSA) is 29.5 Å². The van der Waals surface area contributed by atoms with Crippen molar-refractivity contribution in [3.63, 3.8) is 0 Å². The van der Waals surface area contributed by atoms with Gasteiger partial charge >= 0.3 is 0 Å². The summed E-state index contributed by atoms with van der Waals surface area (Å²) in [6.45, 7) is 1.52. The maximum absolute atomic E-state index is 12.8. The highest BCUT2D eigenvalue weighted by Crippen LogP contribution is 2.27. The van der Waals surface area contributed by atoms with Crippen LogP contribution in [0, 0.1) is 5.92 Å². The van der Waals surface area contributed by atoms with Gasteiger partial charge in [0.1, 0.15) is 14.0 Å². The number of rotatable bonds is 1. The molecule has 2 radical (unpaired) electrons. The first-order valence-corrected chi connectivity index (χ1v) is 3.32. The first-order valence-electron chi connectivity index (χ1n) is 3.32. The summed E-state index contributed by atoms with van der Waals surface area (Å²) in [5, 5.41) is 8.62. The summed E-state index contributed by atoms with van der Waals surface area (Å²) in [5.41, 5.74) is 0. The van der Waals surface area contributed by atoms with Crippen molar-refractivity contribution in [2.24, 2.45) is 5.92 Å². The molecule has 0 spiro atoms. The van der Waals surface area contributed by atoms with Crippen LogP contribution < -0.4 is 0 Å². The molecule has 0 bridgehead atoms. The van der Waals surface area contributed by atoms with Gasteiger partial charge in [-0.25, -0.2) is 4.39 Å². The average molecular weight is 144 g/mol. The number of aliphatic hydroxyl groups excluding tert-OH is 1. The number of halogens is 1. The zero-order valence-electron chi connectivity index (χ0n) is 5.83. The van der Waals surface area contributed by atoms with E-state index in [1.807, 2.05) is 0 Å². The van der Waals surface area contributed by atoms with Crippen LogP contribution in [-0.2, 0) is 4.74 Å². The van der Waals surface area contributed by atoms with Crippen molar-refractivity contribution in [2.45, 2.75) is 25.2 Å². The van der Waals surface area contributed by atoms with Gasteiger partial charge in [0.2, 0.25) is 0 Å². The lowest BCUT2D eigenvalue weighted by molar-refractivity contribution is 0.0279. The molecule has 1 saturated heterocycles. The first-order chi connectivity index (χ1) is 4.66. The fourth-order valence-electron chi connectivity index (χ4n) is 1.11. The van der Waals surface area contributed by atoms with Crippen LogP contribution in [0.1, 0.15) is 6.92 Å². The van der Waals surface area contributed by atoms with Gasteiger partial charge < -0.3 is 9.84 Å². The van der Waals surface area contributed by atoms with Crippen LogP contribution >= 0.6 is 0 Å². The number of hydrogen-bond donors (Lipinski definition) is 1. The summed E-state index contributed by atoms with van der Waals surface area (Å²) >= 11 is 0. The highest BCUT2D eigenvalue weighted by molar-refractivity contribution is 6.11. The molecular formula is C6H10BFO2. The number of ether oxygens (including phenoxy) is 1. The number of aliphatic hydroxyl groups is 1. The van der Waals surface area contributed by atoms with E-state index >= 15 is 0 Å². The van der Waals surface area contributed by atoms with Crippen molar-refractivity contribution in [3.05, 3.63) is 0 Å². The van der Waals surface area contributed by atoms with E-state index in [4.69, 9.17) is 17.7 Å². The van der Waals surface area contributed by atoms with Crippen LogP contribution in [0.25, 0.3) is 0 Å². The molecule has 1 N–H and O–H groups in total. The van der Waals surface area contributed by atoms with Crippen molar-refractivity contribution >= 4 is 7.85 Å². The molecule has 2 unspecified atom stereocenters. The maximum atomic E-state index is 12.8. The minimum atomic E-state index is -1.14. The van der Waals surface area contributed by atoms with Gasteiger partial charge in [0.15, 0.2) is 0 Å². The third-order valence-corrected chi connectivity index (χ3v) is 1.91. The van der Waals surface area contributed by atoms with Crippen molar-refractivity contribution in [1.29, 1.82) is 0 Å². The second-order valence-corrected chi connectivity index (χ2v) is 2.63. The van der Waals surface area contributed by atoms with Gasteiger partial charge in [0.25, 0.3) is 0 Å². The molecule has 4 heteroatoms. The van der Waals surface area contributed by atoms with Gasteiger partial charge in [-0.2, -0.15) is 0 Å². The van der Waals surface area contributed by atoms with Crippen molar-refractivity contribution < 1.29 is 14.2 Å². The molecule has 4 atom stereocenters. The maximum Gasteiger partial charge on any atom is 0.123 e. The van der Waals surface area contributed by atoms with Gasteiger partial charge in [-0.15, -0.1) is 0 Å². The predicted molar refractivity (Wildman–Crippen MR) is 35.6 cm³/mol. The lowest BCUT2D eigenvalue weighted by Gasteiger charge is -2.10. The molecule has 0 aromatic rings. The minimum Gasteiger partial charge on any atom is -0.394 e. The summed E-state index contributed by atoms with van der Waals surface area (Å²) in [7, 11) is 5.23. The quantitative estimate of drug-likeness (QED) is 0.518. The molecule has 0 amide bonds. The number of hydrogen-bond acceptors (Lipinski definition) is 2. The molecule has 56 valence electrons. The van der Waals surface area contributed by atoms with Gasteiger partial charge in [0, 0.05) is 11.9 Å². The Morgan fingerprint density at radius 1 is 1.70 bits per heavy atom. The molecule has 1 fully saturated rings. The zero-order chi connectivity index (χ0) is 7.72. The SMILES string of the molecule is [B][C@@H]1O[C@H](CO)C(C)C1F. The molecular weight excluding hydrogens is 134 g/mol. The molecule has 1 rings (SSSR count). The Kier molecular flexibility index (Phi) is 2.31. The highest BCUT2D eigenvalue weighted by Gasteiger charge is 2.38. The standard InChI is InChI=1S/C6H10BFO2/c1-3-4(2-9)10-6(7)5(3)8/h3-6,9H,2H2,1H3/t3?,4-,5?,6-/m1/s1. The second-order valence-electron chi connectivity index (χ2n) is 2.63. The molecule has 10 heavy (non-hydrogen) atoms. The number of alkyl halides is 1. The fraction of sp³-hybridized carbons (Fsp3) is 1.00. The van der Waals surface area contributed by atoms with Crippen molar-refractivity contribution in [1.82, 2.24) is 0 Å². The molecule has 1 heterocycles. The first kappa shape index (κ1) is 8.02. The van der Waals surface area contributed by atoms with E-state index in [2.05, 4.69) is 0 Å². The van der Waals surface area contributed by atoms with Crippen molar-refractivity contribution in [2.75, 3.05) is 6.61 Å².